The van der Waals surface area contributed by atoms with Crippen molar-refractivity contribution in [3.63, 3.8) is 0 Å². The molecule has 0 amide bonds. The van der Waals surface area contributed by atoms with Crippen molar-refractivity contribution in [2.75, 3.05) is 24.7 Å². The van der Waals surface area contributed by atoms with Crippen LogP contribution in [-0.4, -0.2) is 53.5 Å². The van der Waals surface area contributed by atoms with Crippen LogP contribution in [0.4, 0.5) is 0 Å². The summed E-state index contributed by atoms with van der Waals surface area (Å²) in [5, 5.41) is 0. The molecule has 0 fully saturated rings. The van der Waals surface area contributed by atoms with Crippen molar-refractivity contribution in [1.29, 1.82) is 0 Å². The van der Waals surface area contributed by atoms with Crippen LogP contribution in [0.3, 0.4) is 0 Å². The van der Waals surface area contributed by atoms with E-state index in [2.05, 4.69) is 9.44 Å². The molecule has 0 aliphatic rings. The molecule has 0 radical (unpaired) electrons. The summed E-state index contributed by atoms with van der Waals surface area (Å²) in [5.41, 5.74) is 0. The second kappa shape index (κ2) is 9.93. The zero-order valence-electron chi connectivity index (χ0n) is 13.0. The third kappa shape index (κ3) is 9.13. The lowest BCUT2D eigenvalue weighted by molar-refractivity contribution is -0.145. The first-order valence-corrected chi connectivity index (χ1v) is 10.2. The van der Waals surface area contributed by atoms with Gasteiger partial charge in [0.25, 0.3) is 0 Å². The quantitative estimate of drug-likeness (QED) is 0.389. The molecular formula is C12H24N2O6S2. The van der Waals surface area contributed by atoms with Crippen LogP contribution in [0.1, 0.15) is 27.2 Å². The molecular weight excluding hydrogens is 332 g/mol. The van der Waals surface area contributed by atoms with E-state index in [4.69, 9.17) is 4.74 Å². The Kier molecular flexibility index (Phi) is 9.49. The van der Waals surface area contributed by atoms with Gasteiger partial charge in [0.15, 0.2) is 0 Å². The maximum Gasteiger partial charge on any atom is 0.324 e. The minimum atomic E-state index is -3.82. The van der Waals surface area contributed by atoms with Crippen molar-refractivity contribution in [3.05, 3.63) is 12.2 Å². The number of nitrogens with one attached hydrogen (secondary N) is 2. The zero-order chi connectivity index (χ0) is 17.2. The Bertz CT molecular complexity index is 568. The van der Waals surface area contributed by atoms with Crippen molar-refractivity contribution >= 4 is 26.0 Å². The van der Waals surface area contributed by atoms with Gasteiger partial charge in [-0.05, 0) is 27.2 Å². The lowest BCUT2D eigenvalue weighted by Crippen LogP contribution is -2.44. The Balaban J connectivity index is 4.70. The van der Waals surface area contributed by atoms with E-state index in [0.717, 1.165) is 0 Å². The Morgan fingerprint density at radius 1 is 1.18 bits per heavy atom. The molecule has 0 heterocycles. The summed E-state index contributed by atoms with van der Waals surface area (Å²) in [5.74, 6) is -1.26. The van der Waals surface area contributed by atoms with Crippen LogP contribution in [0.15, 0.2) is 12.2 Å². The summed E-state index contributed by atoms with van der Waals surface area (Å²) in [4.78, 5) is 11.7. The standard InChI is InChI=1S/C12H24N2O6S2/c1-4-7-8-11(12(15)20-5-2)14-22(18,19)10-9-13-21(16,17)6-3/h4,7,11,13-14H,5-6,8-10H2,1-3H3/b7-4+. The Labute approximate surface area is 132 Å². The van der Waals surface area contributed by atoms with Crippen LogP contribution in [0.2, 0.25) is 0 Å². The summed E-state index contributed by atoms with van der Waals surface area (Å²) in [6.07, 6.45) is 3.50. The molecule has 0 aromatic carbocycles. The van der Waals surface area contributed by atoms with Crippen LogP contribution in [0.25, 0.3) is 0 Å². The summed E-state index contributed by atoms with van der Waals surface area (Å²) in [7, 11) is -7.27. The van der Waals surface area contributed by atoms with Gasteiger partial charge >= 0.3 is 5.97 Å². The lowest BCUT2D eigenvalue weighted by Gasteiger charge is -2.16. The Hall–Kier alpha value is -0.970. The normalized spacial score (nSPS) is 14.1. The summed E-state index contributed by atoms with van der Waals surface area (Å²) in [6.45, 7) is 4.70. The minimum absolute atomic E-state index is 0.132. The van der Waals surface area contributed by atoms with E-state index in [9.17, 15) is 21.6 Å². The topological polar surface area (TPSA) is 119 Å². The number of esters is 1. The van der Waals surface area contributed by atoms with Crippen molar-refractivity contribution in [3.8, 4) is 0 Å². The van der Waals surface area contributed by atoms with Crippen LogP contribution < -0.4 is 9.44 Å². The highest BCUT2D eigenvalue weighted by atomic mass is 32.2. The summed E-state index contributed by atoms with van der Waals surface area (Å²) < 4.78 is 55.5. The number of rotatable bonds is 11. The predicted octanol–water partition coefficient (Wildman–Crippen LogP) is -0.257. The molecule has 0 aromatic heterocycles. The molecule has 0 saturated carbocycles. The van der Waals surface area contributed by atoms with Gasteiger partial charge in [0.05, 0.1) is 18.1 Å². The average molecular weight is 356 g/mol. The first-order chi connectivity index (χ1) is 10.2. The average Bonchev–Trinajstić information content (AvgIpc) is 2.43. The molecule has 1 unspecified atom stereocenters. The number of sulfonamides is 2. The molecule has 8 nitrogen and oxygen atoms in total. The molecule has 0 aromatic rings. The van der Waals surface area contributed by atoms with E-state index in [-0.39, 0.29) is 25.3 Å². The lowest BCUT2D eigenvalue weighted by atomic mass is 10.2. The molecule has 0 bridgehead atoms. The van der Waals surface area contributed by atoms with Gasteiger partial charge in [0.1, 0.15) is 6.04 Å². The fraction of sp³-hybridized carbons (Fsp3) is 0.750. The molecule has 1 atom stereocenters. The summed E-state index contributed by atoms with van der Waals surface area (Å²) >= 11 is 0. The number of hydrogen-bond acceptors (Lipinski definition) is 6. The van der Waals surface area contributed by atoms with Crippen molar-refractivity contribution in [2.24, 2.45) is 0 Å². The molecule has 2 N–H and O–H groups in total. The molecule has 0 spiro atoms. The first-order valence-electron chi connectivity index (χ1n) is 6.92. The summed E-state index contributed by atoms with van der Waals surface area (Å²) in [6, 6.07) is -1.02. The SMILES string of the molecule is C/C=C/CC(NS(=O)(=O)CCNS(=O)(=O)CC)C(=O)OCC. The number of carbonyl (C=O) groups excluding carboxylic acids is 1. The monoisotopic (exact) mass is 356 g/mol. The van der Waals surface area contributed by atoms with Crippen LogP contribution in [0, 0.1) is 0 Å². The molecule has 0 rings (SSSR count). The van der Waals surface area contributed by atoms with E-state index >= 15 is 0 Å². The molecule has 10 heteroatoms. The maximum atomic E-state index is 11.9. The van der Waals surface area contributed by atoms with Gasteiger partial charge in [0.2, 0.25) is 20.0 Å². The highest BCUT2D eigenvalue weighted by Gasteiger charge is 2.24. The van der Waals surface area contributed by atoms with Crippen LogP contribution in [0.5, 0.6) is 0 Å². The second-order valence-corrected chi connectivity index (χ2v) is 8.31. The van der Waals surface area contributed by atoms with Gasteiger partial charge in [0, 0.05) is 6.54 Å². The van der Waals surface area contributed by atoms with E-state index < -0.39 is 37.8 Å². The van der Waals surface area contributed by atoms with Crippen molar-refractivity contribution < 1.29 is 26.4 Å². The van der Waals surface area contributed by atoms with Gasteiger partial charge < -0.3 is 4.74 Å². The van der Waals surface area contributed by atoms with E-state index in [1.807, 2.05) is 0 Å². The van der Waals surface area contributed by atoms with Crippen LogP contribution >= 0.6 is 0 Å². The largest absolute Gasteiger partial charge is 0.465 e. The molecule has 22 heavy (non-hydrogen) atoms. The fourth-order valence-corrected chi connectivity index (χ4v) is 3.28. The highest BCUT2D eigenvalue weighted by molar-refractivity contribution is 7.90. The van der Waals surface area contributed by atoms with Gasteiger partial charge in [-0.15, -0.1) is 0 Å². The number of carbonyl (C=O) groups is 1. The van der Waals surface area contributed by atoms with E-state index in [1.54, 1.807) is 26.0 Å². The Morgan fingerprint density at radius 2 is 1.82 bits per heavy atom. The van der Waals surface area contributed by atoms with Gasteiger partial charge in [-0.3, -0.25) is 4.79 Å². The highest BCUT2D eigenvalue weighted by Crippen LogP contribution is 2.01. The van der Waals surface area contributed by atoms with E-state index in [1.165, 1.54) is 6.92 Å². The van der Waals surface area contributed by atoms with E-state index in [0.29, 0.717) is 0 Å². The first kappa shape index (κ1) is 21.0. The number of allylic oxidation sites excluding steroid dienone is 1. The zero-order valence-corrected chi connectivity index (χ0v) is 14.7. The second-order valence-electron chi connectivity index (χ2n) is 4.34. The number of ether oxygens (including phenoxy) is 1. The van der Waals surface area contributed by atoms with Gasteiger partial charge in [-0.1, -0.05) is 12.2 Å². The fourth-order valence-electron chi connectivity index (χ4n) is 1.42. The smallest absolute Gasteiger partial charge is 0.324 e. The molecule has 0 aliphatic carbocycles. The number of hydrogen-bond donors (Lipinski definition) is 2. The maximum absolute atomic E-state index is 11.9. The predicted molar refractivity (Wildman–Crippen MR) is 84.2 cm³/mol. The Morgan fingerprint density at radius 3 is 2.32 bits per heavy atom. The van der Waals surface area contributed by atoms with Crippen molar-refractivity contribution in [1.82, 2.24) is 9.44 Å². The third-order valence-corrected chi connectivity index (χ3v) is 5.36. The molecule has 0 aliphatic heterocycles. The third-order valence-electron chi connectivity index (χ3n) is 2.57. The molecule has 130 valence electrons. The van der Waals surface area contributed by atoms with Gasteiger partial charge in [-0.25, -0.2) is 26.3 Å². The molecule has 0 saturated heterocycles. The van der Waals surface area contributed by atoms with Gasteiger partial charge in [-0.2, -0.15) is 0 Å². The minimum Gasteiger partial charge on any atom is -0.465 e. The van der Waals surface area contributed by atoms with Crippen molar-refractivity contribution in [2.45, 2.75) is 33.2 Å². The van der Waals surface area contributed by atoms with Crippen LogP contribution in [-0.2, 0) is 29.6 Å².